The van der Waals surface area contributed by atoms with Gasteiger partial charge in [0.1, 0.15) is 6.61 Å². The minimum Gasteiger partial charge on any atom is -0.471 e. The quantitative estimate of drug-likeness (QED) is 0.763. The summed E-state index contributed by atoms with van der Waals surface area (Å²) in [6, 6.07) is 18.0. The molecule has 0 radical (unpaired) electrons. The minimum absolute atomic E-state index is 0.0491. The van der Waals surface area contributed by atoms with E-state index in [0.717, 1.165) is 5.56 Å². The normalized spacial score (nSPS) is 10.3. The molecule has 6 heteroatoms. The molecule has 1 amide bonds. The Morgan fingerprint density at radius 2 is 1.87 bits per heavy atom. The Morgan fingerprint density at radius 1 is 1.13 bits per heavy atom. The van der Waals surface area contributed by atoms with Gasteiger partial charge in [-0.25, -0.2) is 0 Å². The second-order valence-corrected chi connectivity index (χ2v) is 5.14. The summed E-state index contributed by atoms with van der Waals surface area (Å²) < 4.78 is 10.5. The molecule has 0 fully saturated rings. The van der Waals surface area contributed by atoms with E-state index in [9.17, 15) is 4.79 Å². The van der Waals surface area contributed by atoms with Gasteiger partial charge in [-0.2, -0.15) is 0 Å². The lowest BCUT2D eigenvalue weighted by Crippen LogP contribution is -2.11. The summed E-state index contributed by atoms with van der Waals surface area (Å²) in [5.74, 6) is -0.147. The fraction of sp³-hybridized carbons (Fsp3) is 0.0588. The molecule has 0 unspecified atom stereocenters. The predicted molar refractivity (Wildman–Crippen MR) is 86.7 cm³/mol. The van der Waals surface area contributed by atoms with Gasteiger partial charge in [-0.15, -0.1) is 0 Å². The van der Waals surface area contributed by atoms with E-state index >= 15 is 0 Å². The van der Waals surface area contributed by atoms with Crippen molar-refractivity contribution in [1.29, 1.82) is 0 Å². The molecular formula is C17H13ClN2O3. The van der Waals surface area contributed by atoms with Crippen molar-refractivity contribution in [2.24, 2.45) is 0 Å². The molecule has 0 atom stereocenters. The first-order valence-electron chi connectivity index (χ1n) is 6.92. The molecule has 23 heavy (non-hydrogen) atoms. The van der Waals surface area contributed by atoms with Crippen molar-refractivity contribution >= 4 is 23.2 Å². The number of benzene rings is 2. The van der Waals surface area contributed by atoms with Crippen LogP contribution in [0, 0.1) is 0 Å². The zero-order chi connectivity index (χ0) is 16.1. The van der Waals surface area contributed by atoms with Crippen LogP contribution in [-0.4, -0.2) is 11.1 Å². The Kier molecular flexibility index (Phi) is 4.59. The second kappa shape index (κ2) is 6.98. The lowest BCUT2D eigenvalue weighted by Gasteiger charge is -2.03. The van der Waals surface area contributed by atoms with Crippen LogP contribution in [-0.2, 0) is 6.61 Å². The van der Waals surface area contributed by atoms with Crippen LogP contribution in [0.15, 0.2) is 65.2 Å². The summed E-state index contributed by atoms with van der Waals surface area (Å²) in [4.78, 5) is 12.1. The predicted octanol–water partition coefficient (Wildman–Crippen LogP) is 4.16. The van der Waals surface area contributed by atoms with Gasteiger partial charge < -0.3 is 14.6 Å². The number of hydrogen-bond acceptors (Lipinski definition) is 4. The van der Waals surface area contributed by atoms with Crippen molar-refractivity contribution < 1.29 is 14.1 Å². The van der Waals surface area contributed by atoms with Gasteiger partial charge in [-0.1, -0.05) is 54.1 Å². The SMILES string of the molecule is O=C(Nc1ccccc1Cl)c1cc(OCc2ccccc2)no1. The molecule has 2 aromatic carbocycles. The molecule has 3 aromatic rings. The second-order valence-electron chi connectivity index (χ2n) is 4.74. The molecule has 5 nitrogen and oxygen atoms in total. The van der Waals surface area contributed by atoms with Crippen molar-refractivity contribution in [3.63, 3.8) is 0 Å². The van der Waals surface area contributed by atoms with Gasteiger partial charge in [-0.3, -0.25) is 4.79 Å². The molecule has 0 bridgehead atoms. The number of ether oxygens (including phenoxy) is 1. The Balaban J connectivity index is 1.62. The smallest absolute Gasteiger partial charge is 0.294 e. The van der Waals surface area contributed by atoms with E-state index in [1.54, 1.807) is 24.3 Å². The van der Waals surface area contributed by atoms with Gasteiger partial charge in [0.25, 0.3) is 11.8 Å². The molecule has 1 aromatic heterocycles. The topological polar surface area (TPSA) is 64.4 Å². The molecule has 0 saturated heterocycles. The number of anilines is 1. The number of nitrogens with one attached hydrogen (secondary N) is 1. The van der Waals surface area contributed by atoms with E-state index in [2.05, 4.69) is 10.5 Å². The van der Waals surface area contributed by atoms with Crippen LogP contribution < -0.4 is 10.1 Å². The van der Waals surface area contributed by atoms with Crippen LogP contribution in [0.4, 0.5) is 5.69 Å². The van der Waals surface area contributed by atoms with E-state index in [1.165, 1.54) is 6.07 Å². The van der Waals surface area contributed by atoms with Crippen molar-refractivity contribution in [3.8, 4) is 5.88 Å². The first-order valence-corrected chi connectivity index (χ1v) is 7.29. The highest BCUT2D eigenvalue weighted by Gasteiger charge is 2.15. The number of amides is 1. The number of carbonyl (C=O) groups is 1. The average Bonchev–Trinajstić information content (AvgIpc) is 3.05. The molecule has 0 aliphatic carbocycles. The summed E-state index contributed by atoms with van der Waals surface area (Å²) in [6.45, 7) is 0.346. The van der Waals surface area contributed by atoms with Crippen LogP contribution in [0.2, 0.25) is 5.02 Å². The fourth-order valence-corrected chi connectivity index (χ4v) is 2.10. The standard InChI is InChI=1S/C17H13ClN2O3/c18-13-8-4-5-9-14(13)19-17(21)15-10-16(20-23-15)22-11-12-6-2-1-3-7-12/h1-10H,11H2,(H,19,21). The van der Waals surface area contributed by atoms with Gasteiger partial charge in [0, 0.05) is 0 Å². The highest BCUT2D eigenvalue weighted by Crippen LogP contribution is 2.22. The number of para-hydroxylation sites is 1. The molecule has 0 saturated carbocycles. The highest BCUT2D eigenvalue weighted by atomic mass is 35.5. The molecule has 0 spiro atoms. The van der Waals surface area contributed by atoms with Crippen LogP contribution >= 0.6 is 11.6 Å². The largest absolute Gasteiger partial charge is 0.471 e. The summed E-state index contributed by atoms with van der Waals surface area (Å²) in [5, 5.41) is 6.82. The van der Waals surface area contributed by atoms with E-state index in [0.29, 0.717) is 17.3 Å². The van der Waals surface area contributed by atoms with Crippen LogP contribution in [0.3, 0.4) is 0 Å². The molecule has 0 aliphatic rings. The number of halogens is 1. The maximum absolute atomic E-state index is 12.1. The van der Waals surface area contributed by atoms with Gasteiger partial charge >= 0.3 is 0 Å². The van der Waals surface area contributed by atoms with Gasteiger partial charge in [-0.05, 0) is 22.9 Å². The molecular weight excluding hydrogens is 316 g/mol. The first-order chi connectivity index (χ1) is 11.2. The van der Waals surface area contributed by atoms with Crippen molar-refractivity contribution in [2.75, 3.05) is 5.32 Å². The highest BCUT2D eigenvalue weighted by molar-refractivity contribution is 6.33. The average molecular weight is 329 g/mol. The Hall–Kier alpha value is -2.79. The number of hydrogen-bond donors (Lipinski definition) is 1. The fourth-order valence-electron chi connectivity index (χ4n) is 1.91. The maximum Gasteiger partial charge on any atom is 0.294 e. The van der Waals surface area contributed by atoms with Crippen molar-refractivity contribution in [1.82, 2.24) is 5.16 Å². The van der Waals surface area contributed by atoms with Gasteiger partial charge in [0.2, 0.25) is 5.76 Å². The zero-order valence-corrected chi connectivity index (χ0v) is 12.8. The van der Waals surface area contributed by atoms with Gasteiger partial charge in [0.05, 0.1) is 16.8 Å². The Labute approximate surface area is 137 Å². The Bertz CT molecular complexity index is 802. The van der Waals surface area contributed by atoms with Crippen molar-refractivity contribution in [2.45, 2.75) is 6.61 Å². The third-order valence-corrected chi connectivity index (χ3v) is 3.39. The summed E-state index contributed by atoms with van der Waals surface area (Å²) >= 11 is 5.99. The van der Waals surface area contributed by atoms with E-state index in [1.807, 2.05) is 30.3 Å². The molecule has 3 rings (SSSR count). The van der Waals surface area contributed by atoms with E-state index in [4.69, 9.17) is 20.9 Å². The van der Waals surface area contributed by atoms with Crippen molar-refractivity contribution in [3.05, 3.63) is 77.0 Å². The zero-order valence-electron chi connectivity index (χ0n) is 12.0. The number of aromatic nitrogens is 1. The molecule has 0 aliphatic heterocycles. The lowest BCUT2D eigenvalue weighted by atomic mass is 10.2. The summed E-state index contributed by atoms with van der Waals surface area (Å²) in [6.07, 6.45) is 0. The van der Waals surface area contributed by atoms with E-state index in [-0.39, 0.29) is 11.6 Å². The van der Waals surface area contributed by atoms with Crippen LogP contribution in [0.25, 0.3) is 0 Å². The number of rotatable bonds is 5. The summed E-state index contributed by atoms with van der Waals surface area (Å²) in [5.41, 5.74) is 1.50. The van der Waals surface area contributed by atoms with Crippen LogP contribution in [0.1, 0.15) is 16.1 Å². The molecule has 1 N–H and O–H groups in total. The minimum atomic E-state index is -0.444. The lowest BCUT2D eigenvalue weighted by molar-refractivity contribution is 0.0987. The third-order valence-electron chi connectivity index (χ3n) is 3.06. The first kappa shape index (κ1) is 15.1. The van der Waals surface area contributed by atoms with Crippen LogP contribution in [0.5, 0.6) is 5.88 Å². The molecule has 116 valence electrons. The summed E-state index contributed by atoms with van der Waals surface area (Å²) in [7, 11) is 0. The number of nitrogens with zero attached hydrogens (tertiary/aromatic N) is 1. The number of carbonyl (C=O) groups excluding carboxylic acids is 1. The maximum atomic E-state index is 12.1. The Morgan fingerprint density at radius 3 is 2.65 bits per heavy atom. The van der Waals surface area contributed by atoms with Gasteiger partial charge in [0.15, 0.2) is 0 Å². The molecule has 1 heterocycles. The monoisotopic (exact) mass is 328 g/mol. The third kappa shape index (κ3) is 3.90. The van der Waals surface area contributed by atoms with E-state index < -0.39 is 5.91 Å².